The van der Waals surface area contributed by atoms with E-state index in [1.165, 1.54) is 10.8 Å². The van der Waals surface area contributed by atoms with Gasteiger partial charge >= 0.3 is 11.2 Å². The molecule has 168 valence electrons. The van der Waals surface area contributed by atoms with Crippen LogP contribution >= 0.6 is 11.6 Å². The number of furan rings is 1. The molecule has 0 spiro atoms. The van der Waals surface area contributed by atoms with E-state index in [0.717, 1.165) is 4.57 Å². The number of halogens is 1. The molecule has 0 N–H and O–H groups in total. The van der Waals surface area contributed by atoms with E-state index in [2.05, 4.69) is 16.2 Å². The van der Waals surface area contributed by atoms with Gasteiger partial charge < -0.3 is 4.42 Å². The van der Waals surface area contributed by atoms with Crippen molar-refractivity contribution in [2.24, 2.45) is 12.5 Å². The number of fused-ring (bicyclic) bond motifs is 2. The first-order valence-corrected chi connectivity index (χ1v) is 11.0. The topological polar surface area (TPSA) is 112 Å². The van der Waals surface area contributed by atoms with Gasteiger partial charge in [0, 0.05) is 36.8 Å². The Kier molecular flexibility index (Phi) is 4.31. The number of nitrogens with zero attached hydrogens (tertiary/aromatic N) is 6. The molecule has 0 atom stereocenters. The van der Waals surface area contributed by atoms with Crippen LogP contribution in [0.5, 0.6) is 0 Å². The highest BCUT2D eigenvalue weighted by atomic mass is 35.5. The van der Waals surface area contributed by atoms with Gasteiger partial charge in [0.1, 0.15) is 5.76 Å². The Morgan fingerprint density at radius 3 is 2.74 bits per heavy atom. The van der Waals surface area contributed by atoms with E-state index in [1.807, 2.05) is 6.07 Å². The molecule has 1 fully saturated rings. The zero-order valence-electron chi connectivity index (χ0n) is 18.0. The molecule has 0 aliphatic heterocycles. The quantitative estimate of drug-likeness (QED) is 0.394. The number of aromatic nitrogens is 5. The van der Waals surface area contributed by atoms with Gasteiger partial charge in [0.2, 0.25) is 5.58 Å². The lowest BCUT2D eigenvalue weighted by atomic mass is 10.1. The number of nitriles is 1. The molecular formula is C24H17ClN6O3. The Bertz CT molecular complexity index is 1780. The predicted molar refractivity (Wildman–Crippen MR) is 126 cm³/mol. The molecular weight excluding hydrogens is 456 g/mol. The van der Waals surface area contributed by atoms with E-state index in [9.17, 15) is 14.9 Å². The van der Waals surface area contributed by atoms with Crippen molar-refractivity contribution in [2.75, 3.05) is 0 Å². The lowest BCUT2D eigenvalue weighted by Crippen LogP contribution is -2.40. The van der Waals surface area contributed by atoms with Crippen LogP contribution in [0.4, 0.5) is 0 Å². The van der Waals surface area contributed by atoms with Gasteiger partial charge in [0.15, 0.2) is 0 Å². The minimum atomic E-state index is -0.641. The van der Waals surface area contributed by atoms with Gasteiger partial charge in [-0.1, -0.05) is 23.7 Å². The van der Waals surface area contributed by atoms with Crippen molar-refractivity contribution in [2.45, 2.75) is 19.4 Å². The van der Waals surface area contributed by atoms with E-state index < -0.39 is 16.7 Å². The largest absolute Gasteiger partial charge is 0.449 e. The van der Waals surface area contributed by atoms with Crippen molar-refractivity contribution >= 4 is 33.6 Å². The molecule has 1 aromatic carbocycles. The molecule has 5 aromatic rings. The number of rotatable bonds is 4. The molecule has 1 aliphatic rings. The Morgan fingerprint density at radius 2 is 2.00 bits per heavy atom. The number of pyridine rings is 1. The third kappa shape index (κ3) is 2.92. The molecule has 0 amide bonds. The van der Waals surface area contributed by atoms with Gasteiger partial charge in [0.05, 0.1) is 45.6 Å². The summed E-state index contributed by atoms with van der Waals surface area (Å²) in [5, 5.41) is 15.1. The maximum Gasteiger partial charge on any atom is 0.336 e. The minimum Gasteiger partial charge on any atom is -0.449 e. The summed E-state index contributed by atoms with van der Waals surface area (Å²) in [6.07, 6.45) is 6.06. The first-order chi connectivity index (χ1) is 16.4. The van der Waals surface area contributed by atoms with Crippen LogP contribution in [0.15, 0.2) is 62.9 Å². The van der Waals surface area contributed by atoms with Gasteiger partial charge in [0.25, 0.3) is 0 Å². The van der Waals surface area contributed by atoms with Crippen LogP contribution in [-0.2, 0) is 13.6 Å². The second-order valence-electron chi connectivity index (χ2n) is 8.57. The maximum absolute atomic E-state index is 13.8. The van der Waals surface area contributed by atoms with Crippen LogP contribution in [-0.4, -0.2) is 23.9 Å². The fourth-order valence-electron chi connectivity index (χ4n) is 4.34. The second kappa shape index (κ2) is 7.17. The van der Waals surface area contributed by atoms with Crippen molar-refractivity contribution in [1.82, 2.24) is 23.9 Å². The summed E-state index contributed by atoms with van der Waals surface area (Å²) in [4.78, 5) is 31.7. The van der Waals surface area contributed by atoms with E-state index >= 15 is 0 Å². The van der Waals surface area contributed by atoms with Crippen molar-refractivity contribution in [3.8, 4) is 23.1 Å². The summed E-state index contributed by atoms with van der Waals surface area (Å²) in [7, 11) is 1.73. The van der Waals surface area contributed by atoms with E-state index in [4.69, 9.17) is 16.0 Å². The Labute approximate surface area is 197 Å². The van der Waals surface area contributed by atoms with Crippen molar-refractivity contribution in [1.29, 1.82) is 5.26 Å². The van der Waals surface area contributed by atoms with E-state index in [1.54, 1.807) is 48.4 Å². The first kappa shape index (κ1) is 20.4. The molecule has 1 saturated carbocycles. The highest BCUT2D eigenvalue weighted by Gasteiger charge is 2.44. The summed E-state index contributed by atoms with van der Waals surface area (Å²) in [6, 6.07) is 11.1. The van der Waals surface area contributed by atoms with Crippen LogP contribution in [0.3, 0.4) is 0 Å². The van der Waals surface area contributed by atoms with E-state index in [-0.39, 0.29) is 12.1 Å². The smallest absolute Gasteiger partial charge is 0.336 e. The number of benzene rings is 1. The Morgan fingerprint density at radius 1 is 1.21 bits per heavy atom. The third-order valence-electron chi connectivity index (χ3n) is 6.37. The molecule has 0 radical (unpaired) electrons. The molecule has 10 heteroatoms. The Balaban J connectivity index is 1.71. The molecule has 6 rings (SSSR count). The lowest BCUT2D eigenvalue weighted by Gasteiger charge is -2.14. The highest BCUT2D eigenvalue weighted by Crippen LogP contribution is 2.46. The van der Waals surface area contributed by atoms with Gasteiger partial charge in [-0.25, -0.2) is 9.36 Å². The summed E-state index contributed by atoms with van der Waals surface area (Å²) in [5.74, 6) is 0.363. The maximum atomic E-state index is 13.8. The number of hydrogen-bond donors (Lipinski definition) is 0. The number of aryl methyl sites for hydroxylation is 1. The van der Waals surface area contributed by atoms with Gasteiger partial charge in [-0.2, -0.15) is 10.4 Å². The minimum absolute atomic E-state index is 0.00225. The second-order valence-corrected chi connectivity index (χ2v) is 8.98. The van der Waals surface area contributed by atoms with Crippen LogP contribution < -0.4 is 11.2 Å². The first-order valence-electron chi connectivity index (χ1n) is 10.6. The Hall–Kier alpha value is -4.16. The molecule has 0 saturated heterocycles. The fourth-order valence-corrected chi connectivity index (χ4v) is 4.57. The normalized spacial score (nSPS) is 14.5. The van der Waals surface area contributed by atoms with Crippen LogP contribution in [0.2, 0.25) is 5.02 Å². The SMILES string of the molecule is Cn1ncc2cncc(-n3c(=O)c4oc(-c5ccccc5Cl)cc4n(CC4(C#N)CC4)c3=O)c21. The highest BCUT2D eigenvalue weighted by molar-refractivity contribution is 6.33. The monoisotopic (exact) mass is 472 g/mol. The van der Waals surface area contributed by atoms with Crippen molar-refractivity contribution in [3.05, 3.63) is 74.8 Å². The van der Waals surface area contributed by atoms with Crippen LogP contribution in [0, 0.1) is 16.7 Å². The van der Waals surface area contributed by atoms with Gasteiger partial charge in [-0.05, 0) is 25.0 Å². The van der Waals surface area contributed by atoms with Crippen LogP contribution in [0.1, 0.15) is 12.8 Å². The number of hydrogen-bond acceptors (Lipinski definition) is 6. The summed E-state index contributed by atoms with van der Waals surface area (Å²) in [5.41, 5.74) is -0.0252. The van der Waals surface area contributed by atoms with E-state index in [0.29, 0.717) is 51.3 Å². The van der Waals surface area contributed by atoms with Crippen LogP contribution in [0.25, 0.3) is 39.0 Å². The van der Waals surface area contributed by atoms with Crippen molar-refractivity contribution < 1.29 is 4.42 Å². The summed E-state index contributed by atoms with van der Waals surface area (Å²) in [6.45, 7) is 0.148. The molecule has 4 aromatic heterocycles. The molecule has 9 nitrogen and oxygen atoms in total. The van der Waals surface area contributed by atoms with Gasteiger partial charge in [-0.3, -0.25) is 19.0 Å². The summed E-state index contributed by atoms with van der Waals surface area (Å²) < 4.78 is 10.1. The molecule has 0 bridgehead atoms. The zero-order chi connectivity index (χ0) is 23.6. The molecule has 34 heavy (non-hydrogen) atoms. The van der Waals surface area contributed by atoms with Gasteiger partial charge in [-0.15, -0.1) is 0 Å². The molecule has 1 aliphatic carbocycles. The zero-order valence-corrected chi connectivity index (χ0v) is 18.8. The fraction of sp³-hybridized carbons (Fsp3) is 0.208. The molecule has 0 unspecified atom stereocenters. The molecule has 4 heterocycles. The average molecular weight is 473 g/mol. The standard InChI is InChI=1S/C24H17ClN6O3/c1-29-20-14(10-28-29)9-27-11-18(20)31-22(32)21-17(30(23(31)33)13-24(12-26)6-7-24)8-19(34-21)15-4-2-3-5-16(15)25/h2-5,8-11H,6-7,13H2,1H3. The lowest BCUT2D eigenvalue weighted by molar-refractivity contribution is 0.509. The average Bonchev–Trinajstić information content (AvgIpc) is 3.30. The summed E-state index contributed by atoms with van der Waals surface area (Å²) >= 11 is 6.36. The van der Waals surface area contributed by atoms with Crippen molar-refractivity contribution in [3.63, 3.8) is 0 Å². The third-order valence-corrected chi connectivity index (χ3v) is 6.70. The predicted octanol–water partition coefficient (Wildman–Crippen LogP) is 3.65.